The van der Waals surface area contributed by atoms with E-state index < -0.39 is 23.8 Å². The third-order valence-corrected chi connectivity index (χ3v) is 5.09. The number of benzene rings is 2. The predicted molar refractivity (Wildman–Crippen MR) is 141 cm³/mol. The number of halogens is 1. The number of hydrogen-bond acceptors (Lipinski definition) is 7. The van der Waals surface area contributed by atoms with Crippen molar-refractivity contribution in [2.45, 2.75) is 6.04 Å². The molecule has 3 rings (SSSR count). The van der Waals surface area contributed by atoms with Crippen LogP contribution in [0.15, 0.2) is 86.1 Å². The molecule has 1 atom stereocenters. The van der Waals surface area contributed by atoms with Crippen molar-refractivity contribution >= 4 is 23.3 Å². The van der Waals surface area contributed by atoms with Crippen molar-refractivity contribution in [3.63, 3.8) is 0 Å². The smallest absolute Gasteiger partial charge is 0.274 e. The van der Waals surface area contributed by atoms with Gasteiger partial charge in [0.25, 0.3) is 11.8 Å². The highest BCUT2D eigenvalue weighted by atomic mass is 19.1. The summed E-state index contributed by atoms with van der Waals surface area (Å²) in [7, 11) is 0. The zero-order chi connectivity index (χ0) is 27.5. The Labute approximate surface area is 218 Å². The molecule has 0 aliphatic carbocycles. The number of ether oxygens (including phenoxy) is 2. The van der Waals surface area contributed by atoms with Crippen LogP contribution in [0.2, 0.25) is 0 Å². The van der Waals surface area contributed by atoms with E-state index in [0.29, 0.717) is 28.3 Å². The Balaban J connectivity index is 1.90. The molecule has 38 heavy (non-hydrogen) atoms. The van der Waals surface area contributed by atoms with Gasteiger partial charge >= 0.3 is 0 Å². The van der Waals surface area contributed by atoms with E-state index >= 15 is 0 Å². The van der Waals surface area contributed by atoms with Crippen LogP contribution in [0.5, 0.6) is 11.5 Å². The van der Waals surface area contributed by atoms with E-state index in [0.717, 1.165) is 0 Å². The predicted octanol–water partition coefficient (Wildman–Crippen LogP) is 3.25. The summed E-state index contributed by atoms with van der Waals surface area (Å²) in [5, 5.41) is 10.6. The van der Waals surface area contributed by atoms with Crippen LogP contribution in [-0.2, 0) is 4.79 Å². The summed E-state index contributed by atoms with van der Waals surface area (Å²) in [5.74, 6) is -1.82. The highest BCUT2D eigenvalue weighted by Gasteiger charge is 2.24. The number of carbonyl (C=O) groups excluding carboxylic acids is 2. The largest absolute Gasteiger partial charge is 0.486 e. The maximum Gasteiger partial charge on any atom is 0.274 e. The van der Waals surface area contributed by atoms with E-state index in [4.69, 9.17) is 20.6 Å². The van der Waals surface area contributed by atoms with E-state index in [2.05, 4.69) is 34.3 Å². The number of hydrazine groups is 1. The van der Waals surface area contributed by atoms with Gasteiger partial charge in [0.1, 0.15) is 25.1 Å². The molecule has 2 amide bonds. The standard InChI is InChI=1S/C27H27FN6O4/c1-3-14-37-21-12-9-18(16-22(21)38-15-4-2)23(32-19-10-7-17(8-11-19)25(29)30)27(36)34-33-26(35)20-6-5-13-31-24(20)28/h3-13,16,23,32H,1-2,14-15H2,(H3,29,30)(H,33,35)(H,34,36). The molecule has 3 aromatic rings. The number of hydrogen-bond donors (Lipinski definition) is 5. The highest BCUT2D eigenvalue weighted by Crippen LogP contribution is 2.32. The fourth-order valence-electron chi connectivity index (χ4n) is 3.26. The molecule has 1 aromatic heterocycles. The Hall–Kier alpha value is -5.19. The molecule has 0 aliphatic heterocycles. The molecule has 0 saturated carbocycles. The van der Waals surface area contributed by atoms with Crippen LogP contribution >= 0.6 is 0 Å². The molecule has 1 unspecified atom stereocenters. The Bertz CT molecular complexity index is 1330. The minimum atomic E-state index is -1.04. The first-order valence-electron chi connectivity index (χ1n) is 11.4. The van der Waals surface area contributed by atoms with E-state index in [9.17, 15) is 14.0 Å². The fraction of sp³-hybridized carbons (Fsp3) is 0.111. The van der Waals surface area contributed by atoms with Crippen LogP contribution in [0.25, 0.3) is 0 Å². The number of anilines is 1. The Morgan fingerprint density at radius 2 is 1.71 bits per heavy atom. The number of amides is 2. The summed E-state index contributed by atoms with van der Waals surface area (Å²) in [6.07, 6.45) is 4.36. The molecule has 0 saturated heterocycles. The van der Waals surface area contributed by atoms with Crippen molar-refractivity contribution < 1.29 is 23.5 Å². The first-order valence-corrected chi connectivity index (χ1v) is 11.4. The lowest BCUT2D eigenvalue weighted by Gasteiger charge is -2.22. The molecule has 11 heteroatoms. The molecule has 0 radical (unpaired) electrons. The van der Waals surface area contributed by atoms with Gasteiger partial charge in [-0.25, -0.2) is 4.98 Å². The molecule has 0 spiro atoms. The van der Waals surface area contributed by atoms with Gasteiger partial charge in [0.2, 0.25) is 5.95 Å². The number of pyridine rings is 1. The van der Waals surface area contributed by atoms with Gasteiger partial charge in [0.15, 0.2) is 11.5 Å². The third-order valence-electron chi connectivity index (χ3n) is 5.09. The minimum Gasteiger partial charge on any atom is -0.486 e. The maximum atomic E-state index is 13.9. The minimum absolute atomic E-state index is 0.102. The van der Waals surface area contributed by atoms with Crippen LogP contribution in [0.1, 0.15) is 27.5 Å². The normalized spacial score (nSPS) is 11.0. The summed E-state index contributed by atoms with van der Waals surface area (Å²) in [5.41, 5.74) is 11.2. The molecular weight excluding hydrogens is 491 g/mol. The molecule has 0 fully saturated rings. The molecule has 0 bridgehead atoms. The van der Waals surface area contributed by atoms with Crippen molar-refractivity contribution in [2.75, 3.05) is 18.5 Å². The summed E-state index contributed by atoms with van der Waals surface area (Å²) in [6, 6.07) is 13.0. The first-order chi connectivity index (χ1) is 18.3. The highest BCUT2D eigenvalue weighted by molar-refractivity contribution is 5.97. The van der Waals surface area contributed by atoms with Gasteiger partial charge in [-0.3, -0.25) is 25.8 Å². The fourth-order valence-corrected chi connectivity index (χ4v) is 3.26. The van der Waals surface area contributed by atoms with Crippen LogP contribution in [0.4, 0.5) is 10.1 Å². The lowest BCUT2D eigenvalue weighted by Crippen LogP contribution is -2.45. The summed E-state index contributed by atoms with van der Waals surface area (Å²) >= 11 is 0. The van der Waals surface area contributed by atoms with Crippen molar-refractivity contribution in [1.82, 2.24) is 15.8 Å². The molecule has 196 valence electrons. The number of carbonyl (C=O) groups is 2. The number of rotatable bonds is 12. The SMILES string of the molecule is C=CCOc1ccc(C(Nc2ccc(C(=N)N)cc2)C(=O)NNC(=O)c2cccnc2F)cc1OCC=C. The van der Waals surface area contributed by atoms with Gasteiger partial charge in [-0.2, -0.15) is 4.39 Å². The summed E-state index contributed by atoms with van der Waals surface area (Å²) in [6.45, 7) is 7.71. The second-order valence-corrected chi connectivity index (χ2v) is 7.76. The molecular formula is C27H27FN6O4. The number of amidine groups is 1. The number of nitrogens with zero attached hydrogens (tertiary/aromatic N) is 1. The maximum absolute atomic E-state index is 13.9. The van der Waals surface area contributed by atoms with Crippen LogP contribution in [0.3, 0.4) is 0 Å². The third kappa shape index (κ3) is 7.17. The lowest BCUT2D eigenvalue weighted by molar-refractivity contribution is -0.122. The van der Waals surface area contributed by atoms with E-state index in [1.165, 1.54) is 18.3 Å². The second-order valence-electron chi connectivity index (χ2n) is 7.76. The molecule has 2 aromatic carbocycles. The van der Waals surface area contributed by atoms with E-state index in [1.807, 2.05) is 0 Å². The summed E-state index contributed by atoms with van der Waals surface area (Å²) in [4.78, 5) is 29.1. The zero-order valence-corrected chi connectivity index (χ0v) is 20.4. The molecule has 6 N–H and O–H groups in total. The zero-order valence-electron chi connectivity index (χ0n) is 20.4. The van der Waals surface area contributed by atoms with Gasteiger partial charge in [-0.15, -0.1) is 0 Å². The molecule has 10 nitrogen and oxygen atoms in total. The monoisotopic (exact) mass is 518 g/mol. The van der Waals surface area contributed by atoms with Gasteiger partial charge in [0.05, 0.1) is 5.56 Å². The van der Waals surface area contributed by atoms with Gasteiger partial charge in [-0.05, 0) is 54.1 Å². The number of nitrogens with one attached hydrogen (secondary N) is 4. The number of aromatic nitrogens is 1. The molecule has 0 aliphatic rings. The Morgan fingerprint density at radius 1 is 1.03 bits per heavy atom. The van der Waals surface area contributed by atoms with Crippen LogP contribution in [-0.4, -0.2) is 35.8 Å². The Morgan fingerprint density at radius 3 is 2.34 bits per heavy atom. The van der Waals surface area contributed by atoms with E-state index in [-0.39, 0.29) is 24.6 Å². The average Bonchev–Trinajstić information content (AvgIpc) is 2.93. The van der Waals surface area contributed by atoms with E-state index in [1.54, 1.807) is 54.6 Å². The summed E-state index contributed by atoms with van der Waals surface area (Å²) < 4.78 is 25.2. The van der Waals surface area contributed by atoms with Crippen molar-refractivity contribution in [3.8, 4) is 11.5 Å². The second kappa shape index (κ2) is 13.2. The average molecular weight is 519 g/mol. The van der Waals surface area contributed by atoms with Crippen molar-refractivity contribution in [1.29, 1.82) is 5.41 Å². The van der Waals surface area contributed by atoms with Crippen LogP contribution < -0.4 is 31.4 Å². The first kappa shape index (κ1) is 27.4. The van der Waals surface area contributed by atoms with Crippen molar-refractivity contribution in [3.05, 3.63) is 109 Å². The Kier molecular flexibility index (Phi) is 9.52. The quantitative estimate of drug-likeness (QED) is 0.0812. The lowest BCUT2D eigenvalue weighted by atomic mass is 10.0. The molecule has 1 heterocycles. The van der Waals surface area contributed by atoms with Gasteiger partial charge in [-0.1, -0.05) is 31.4 Å². The number of nitrogens with two attached hydrogens (primary N) is 1. The van der Waals surface area contributed by atoms with Gasteiger partial charge < -0.3 is 20.5 Å². The van der Waals surface area contributed by atoms with Crippen molar-refractivity contribution in [2.24, 2.45) is 5.73 Å². The van der Waals surface area contributed by atoms with Gasteiger partial charge in [0, 0.05) is 17.4 Å². The number of nitrogen functional groups attached to an aromatic ring is 1. The topological polar surface area (TPSA) is 151 Å². The van der Waals surface area contributed by atoms with Crippen LogP contribution in [0, 0.1) is 11.4 Å².